The smallest absolute Gasteiger partial charge is 0.0900 e. The van der Waals surface area contributed by atoms with Crippen LogP contribution in [0.3, 0.4) is 0 Å². The van der Waals surface area contributed by atoms with Gasteiger partial charge in [-0.25, -0.2) is 9.97 Å². The van der Waals surface area contributed by atoms with Crippen LogP contribution in [0.1, 0.15) is 22.3 Å². The lowest BCUT2D eigenvalue weighted by Crippen LogP contribution is -1.95. The molecule has 0 bridgehead atoms. The first-order valence-corrected chi connectivity index (χ1v) is 15.2. The Kier molecular flexibility index (Phi) is 7.69. The van der Waals surface area contributed by atoms with Crippen LogP contribution in [-0.4, -0.2) is 29.9 Å². The van der Waals surface area contributed by atoms with Gasteiger partial charge in [-0.2, -0.15) is 0 Å². The van der Waals surface area contributed by atoms with Gasteiger partial charge in [-0.1, -0.05) is 24.3 Å². The third-order valence-corrected chi connectivity index (χ3v) is 7.91. The molecule has 0 N–H and O–H groups in total. The van der Waals surface area contributed by atoms with Crippen molar-refractivity contribution in [3.63, 3.8) is 0 Å². The summed E-state index contributed by atoms with van der Waals surface area (Å²) < 4.78 is 0. The molecule has 7 rings (SSSR count). The minimum atomic E-state index is 0.809. The Bertz CT molecular complexity index is 1920. The van der Waals surface area contributed by atoms with Crippen molar-refractivity contribution in [1.82, 2.24) is 29.9 Å². The van der Waals surface area contributed by atoms with Crippen molar-refractivity contribution in [3.05, 3.63) is 144 Å². The molecule has 46 heavy (non-hydrogen) atoms. The number of hydrogen-bond donors (Lipinski definition) is 0. The maximum Gasteiger partial charge on any atom is 0.0900 e. The maximum atomic E-state index is 4.99. The van der Waals surface area contributed by atoms with E-state index >= 15 is 0 Å². The van der Waals surface area contributed by atoms with Gasteiger partial charge < -0.3 is 0 Å². The van der Waals surface area contributed by atoms with Gasteiger partial charge in [0.1, 0.15) is 0 Å². The summed E-state index contributed by atoms with van der Waals surface area (Å²) in [6, 6.07) is 33.3. The van der Waals surface area contributed by atoms with Crippen LogP contribution in [0.5, 0.6) is 0 Å². The summed E-state index contributed by atoms with van der Waals surface area (Å²) >= 11 is 0. The zero-order valence-corrected chi connectivity index (χ0v) is 26.2. The van der Waals surface area contributed by atoms with Crippen LogP contribution in [-0.2, 0) is 0 Å². The molecule has 0 aliphatic heterocycles. The fourth-order valence-corrected chi connectivity index (χ4v) is 5.48. The summed E-state index contributed by atoms with van der Waals surface area (Å²) in [7, 11) is 0. The van der Waals surface area contributed by atoms with Crippen molar-refractivity contribution in [2.45, 2.75) is 27.7 Å². The van der Waals surface area contributed by atoms with Gasteiger partial charge in [-0.3, -0.25) is 19.9 Å². The summed E-state index contributed by atoms with van der Waals surface area (Å²) in [4.78, 5) is 28.5. The second-order valence-corrected chi connectivity index (χ2v) is 11.7. The van der Waals surface area contributed by atoms with Crippen molar-refractivity contribution < 1.29 is 0 Å². The van der Waals surface area contributed by atoms with Crippen molar-refractivity contribution >= 4 is 0 Å². The number of rotatable bonds is 6. The van der Waals surface area contributed by atoms with E-state index in [1.54, 1.807) is 0 Å². The predicted octanol–water partition coefficient (Wildman–Crippen LogP) is 9.29. The third kappa shape index (κ3) is 6.19. The van der Waals surface area contributed by atoms with Crippen LogP contribution in [0.15, 0.2) is 122 Å². The first-order valence-electron chi connectivity index (χ1n) is 15.2. The van der Waals surface area contributed by atoms with E-state index in [0.717, 1.165) is 90.1 Å². The van der Waals surface area contributed by atoms with E-state index in [-0.39, 0.29) is 0 Å². The van der Waals surface area contributed by atoms with Crippen molar-refractivity contribution in [3.8, 4) is 67.8 Å². The Hall–Kier alpha value is -5.88. The Morgan fingerprint density at radius 2 is 0.543 bits per heavy atom. The maximum absolute atomic E-state index is 4.99. The highest BCUT2D eigenvalue weighted by Gasteiger charge is 2.14. The number of pyridine rings is 6. The highest BCUT2D eigenvalue weighted by Crippen LogP contribution is 2.33. The largest absolute Gasteiger partial charge is 0.255 e. The molecule has 0 radical (unpaired) electrons. The lowest BCUT2D eigenvalue weighted by molar-refractivity contribution is 1.20. The monoisotopic (exact) mass is 596 g/mol. The van der Waals surface area contributed by atoms with Gasteiger partial charge in [0, 0.05) is 24.8 Å². The van der Waals surface area contributed by atoms with Gasteiger partial charge in [0.15, 0.2) is 0 Å². The Morgan fingerprint density at radius 1 is 0.283 bits per heavy atom. The van der Waals surface area contributed by atoms with E-state index in [9.17, 15) is 0 Å². The number of aryl methyl sites for hydroxylation is 4. The standard InChI is InChI=1S/C40H32N6/c1-25-9-13-41-33(17-25)37-21-31(22-38(45-37)34-18-26(2)10-14-42-34)29-5-7-30(8-6-29)32-23-39(35-19-27(3)11-15-43-35)46-40(24-32)36-20-28(4)12-16-44-36/h5-24H,1-4H3. The minimum absolute atomic E-state index is 0.809. The van der Waals surface area contributed by atoms with Crippen molar-refractivity contribution in [2.75, 3.05) is 0 Å². The average molecular weight is 597 g/mol. The average Bonchev–Trinajstić information content (AvgIpc) is 3.08. The SMILES string of the molecule is Cc1ccnc(-c2cc(-c3ccc(-c4cc(-c5cc(C)ccn5)nc(-c5cc(C)ccn5)c4)cc3)cc(-c3cc(C)ccn3)n2)c1. The van der Waals surface area contributed by atoms with Crippen LogP contribution in [0.2, 0.25) is 0 Å². The molecule has 0 atom stereocenters. The zero-order chi connectivity index (χ0) is 31.6. The fraction of sp³-hybridized carbons (Fsp3) is 0.100. The Balaban J connectivity index is 1.32. The number of hydrogen-bond acceptors (Lipinski definition) is 6. The number of benzene rings is 1. The second-order valence-electron chi connectivity index (χ2n) is 11.7. The van der Waals surface area contributed by atoms with Crippen molar-refractivity contribution in [1.29, 1.82) is 0 Å². The fourth-order valence-electron chi connectivity index (χ4n) is 5.48. The van der Waals surface area contributed by atoms with Gasteiger partial charge in [0.2, 0.25) is 0 Å². The molecule has 0 unspecified atom stereocenters. The first-order chi connectivity index (χ1) is 22.4. The molecule has 0 saturated carbocycles. The van der Waals surface area contributed by atoms with E-state index in [0.29, 0.717) is 0 Å². The first kappa shape index (κ1) is 28.9. The molecule has 222 valence electrons. The topological polar surface area (TPSA) is 77.3 Å². The zero-order valence-electron chi connectivity index (χ0n) is 26.2. The molecule has 6 nitrogen and oxygen atoms in total. The third-order valence-electron chi connectivity index (χ3n) is 7.91. The Morgan fingerprint density at radius 3 is 0.783 bits per heavy atom. The minimum Gasteiger partial charge on any atom is -0.255 e. The lowest BCUT2D eigenvalue weighted by Gasteiger charge is -2.12. The van der Waals surface area contributed by atoms with Crippen LogP contribution in [0.4, 0.5) is 0 Å². The number of aromatic nitrogens is 6. The Labute approximate surface area is 269 Å². The molecular formula is C40H32N6. The summed E-state index contributed by atoms with van der Waals surface area (Å²) in [5.74, 6) is 0. The quantitative estimate of drug-likeness (QED) is 0.190. The van der Waals surface area contributed by atoms with Crippen LogP contribution in [0, 0.1) is 27.7 Å². The van der Waals surface area contributed by atoms with E-state index in [2.05, 4.69) is 120 Å². The lowest BCUT2D eigenvalue weighted by atomic mass is 9.97. The molecule has 7 aromatic rings. The number of nitrogens with zero attached hydrogens (tertiary/aromatic N) is 6. The highest BCUT2D eigenvalue weighted by atomic mass is 14.8. The predicted molar refractivity (Wildman–Crippen MR) is 185 cm³/mol. The molecular weight excluding hydrogens is 564 g/mol. The van der Waals surface area contributed by atoms with Gasteiger partial charge in [0.25, 0.3) is 0 Å². The van der Waals surface area contributed by atoms with Crippen LogP contribution < -0.4 is 0 Å². The molecule has 0 aliphatic carbocycles. The summed E-state index contributed by atoms with van der Waals surface area (Å²) in [5, 5.41) is 0. The van der Waals surface area contributed by atoms with Crippen LogP contribution >= 0.6 is 0 Å². The molecule has 0 saturated heterocycles. The summed E-state index contributed by atoms with van der Waals surface area (Å²) in [6.07, 6.45) is 7.31. The summed E-state index contributed by atoms with van der Waals surface area (Å²) in [6.45, 7) is 8.26. The van der Waals surface area contributed by atoms with Gasteiger partial charge >= 0.3 is 0 Å². The molecule has 6 heterocycles. The molecule has 1 aromatic carbocycles. The van der Waals surface area contributed by atoms with Gasteiger partial charge in [0.05, 0.1) is 45.6 Å². The molecule has 0 spiro atoms. The van der Waals surface area contributed by atoms with Crippen molar-refractivity contribution in [2.24, 2.45) is 0 Å². The normalized spacial score (nSPS) is 11.0. The van der Waals surface area contributed by atoms with E-state index in [1.807, 2.05) is 49.1 Å². The molecule has 0 amide bonds. The molecule has 6 aromatic heterocycles. The second kappa shape index (κ2) is 12.3. The summed E-state index contributed by atoms with van der Waals surface area (Å²) in [5.41, 5.74) is 15.3. The van der Waals surface area contributed by atoms with E-state index < -0.39 is 0 Å². The van der Waals surface area contributed by atoms with Gasteiger partial charge in [-0.05, 0) is 145 Å². The van der Waals surface area contributed by atoms with Crippen LogP contribution in [0.25, 0.3) is 67.8 Å². The van der Waals surface area contributed by atoms with E-state index in [1.165, 1.54) is 0 Å². The highest BCUT2D eigenvalue weighted by molar-refractivity contribution is 5.79. The van der Waals surface area contributed by atoms with E-state index in [4.69, 9.17) is 9.97 Å². The molecule has 6 heteroatoms. The molecule has 0 aliphatic rings. The van der Waals surface area contributed by atoms with Gasteiger partial charge in [-0.15, -0.1) is 0 Å². The molecule has 0 fully saturated rings.